The topological polar surface area (TPSA) is 75.7 Å². The minimum Gasteiger partial charge on any atom is -0.465 e. The van der Waals surface area contributed by atoms with E-state index in [1.807, 2.05) is 37.3 Å². The fourth-order valence-corrected chi connectivity index (χ4v) is 3.69. The van der Waals surface area contributed by atoms with Gasteiger partial charge in [0, 0.05) is 31.1 Å². The SMILES string of the molecule is CCC(=O)N[C@H]1CCCN(C(=O)c2ccccc2-c2ccccc2C(=O)OC)C1. The third-order valence-corrected chi connectivity index (χ3v) is 5.17. The number of esters is 1. The van der Waals surface area contributed by atoms with Crippen LogP contribution in [0.15, 0.2) is 48.5 Å². The van der Waals surface area contributed by atoms with Gasteiger partial charge in [-0.3, -0.25) is 9.59 Å². The first-order valence-electron chi connectivity index (χ1n) is 9.90. The molecule has 1 N–H and O–H groups in total. The molecular weight excluding hydrogens is 368 g/mol. The number of carbonyl (C=O) groups is 3. The van der Waals surface area contributed by atoms with Crippen molar-refractivity contribution in [1.82, 2.24) is 10.2 Å². The Labute approximate surface area is 170 Å². The van der Waals surface area contributed by atoms with Crippen LogP contribution in [0.3, 0.4) is 0 Å². The molecule has 1 fully saturated rings. The lowest BCUT2D eigenvalue weighted by molar-refractivity contribution is -0.121. The molecule has 0 unspecified atom stereocenters. The molecule has 0 spiro atoms. The van der Waals surface area contributed by atoms with Gasteiger partial charge >= 0.3 is 5.97 Å². The van der Waals surface area contributed by atoms with Crippen LogP contribution in [0.2, 0.25) is 0 Å². The van der Waals surface area contributed by atoms with Gasteiger partial charge in [-0.2, -0.15) is 0 Å². The second-order valence-electron chi connectivity index (χ2n) is 7.09. The minimum absolute atomic E-state index is 0.00305. The van der Waals surface area contributed by atoms with Crippen molar-refractivity contribution in [3.05, 3.63) is 59.7 Å². The Morgan fingerprint density at radius 1 is 1.03 bits per heavy atom. The van der Waals surface area contributed by atoms with Crippen molar-refractivity contribution in [3.8, 4) is 11.1 Å². The van der Waals surface area contributed by atoms with Crippen LogP contribution < -0.4 is 5.32 Å². The molecule has 0 bridgehead atoms. The lowest BCUT2D eigenvalue weighted by Crippen LogP contribution is -2.49. The van der Waals surface area contributed by atoms with E-state index in [0.29, 0.717) is 41.8 Å². The Bertz CT molecular complexity index is 909. The summed E-state index contributed by atoms with van der Waals surface area (Å²) in [6.45, 7) is 2.94. The highest BCUT2D eigenvalue weighted by molar-refractivity contribution is 6.05. The van der Waals surface area contributed by atoms with Gasteiger partial charge < -0.3 is 15.0 Å². The number of methoxy groups -OCH3 is 1. The number of rotatable bonds is 5. The molecule has 6 heteroatoms. The van der Waals surface area contributed by atoms with Crippen molar-refractivity contribution in [2.75, 3.05) is 20.2 Å². The molecule has 2 amide bonds. The molecular formula is C23H26N2O4. The van der Waals surface area contributed by atoms with E-state index < -0.39 is 5.97 Å². The summed E-state index contributed by atoms with van der Waals surface area (Å²) >= 11 is 0. The lowest BCUT2D eigenvalue weighted by atomic mass is 9.94. The number of benzene rings is 2. The fraction of sp³-hybridized carbons (Fsp3) is 0.348. The van der Waals surface area contributed by atoms with E-state index in [2.05, 4.69) is 5.32 Å². The molecule has 1 heterocycles. The van der Waals surface area contributed by atoms with E-state index >= 15 is 0 Å². The molecule has 152 valence electrons. The van der Waals surface area contributed by atoms with Gasteiger partial charge in [-0.15, -0.1) is 0 Å². The smallest absolute Gasteiger partial charge is 0.338 e. The van der Waals surface area contributed by atoms with Gasteiger partial charge in [-0.1, -0.05) is 43.3 Å². The van der Waals surface area contributed by atoms with E-state index in [-0.39, 0.29) is 17.9 Å². The predicted octanol–water partition coefficient (Wildman–Crippen LogP) is 3.27. The van der Waals surface area contributed by atoms with Gasteiger partial charge in [-0.25, -0.2) is 4.79 Å². The summed E-state index contributed by atoms with van der Waals surface area (Å²) in [4.78, 5) is 39.1. The first kappa shape index (κ1) is 20.6. The monoisotopic (exact) mass is 394 g/mol. The van der Waals surface area contributed by atoms with Gasteiger partial charge in [0.05, 0.1) is 12.7 Å². The molecule has 6 nitrogen and oxygen atoms in total. The van der Waals surface area contributed by atoms with Gasteiger partial charge in [0.15, 0.2) is 0 Å². The van der Waals surface area contributed by atoms with Gasteiger partial charge in [-0.05, 0) is 36.1 Å². The number of hydrogen-bond acceptors (Lipinski definition) is 4. The van der Waals surface area contributed by atoms with Crippen LogP contribution in [-0.2, 0) is 9.53 Å². The summed E-state index contributed by atoms with van der Waals surface area (Å²) < 4.78 is 4.90. The summed E-state index contributed by atoms with van der Waals surface area (Å²) in [6, 6.07) is 14.4. The van der Waals surface area contributed by atoms with Crippen molar-refractivity contribution in [2.45, 2.75) is 32.2 Å². The van der Waals surface area contributed by atoms with Crippen LogP contribution >= 0.6 is 0 Å². The first-order chi connectivity index (χ1) is 14.0. The fourth-order valence-electron chi connectivity index (χ4n) is 3.69. The zero-order valence-electron chi connectivity index (χ0n) is 16.8. The number of nitrogens with one attached hydrogen (secondary N) is 1. The number of nitrogens with zero attached hydrogens (tertiary/aromatic N) is 1. The molecule has 0 aromatic heterocycles. The number of amides is 2. The minimum atomic E-state index is -0.442. The maximum atomic E-state index is 13.3. The van der Waals surface area contributed by atoms with Crippen molar-refractivity contribution in [1.29, 1.82) is 0 Å². The summed E-state index contributed by atoms with van der Waals surface area (Å²) in [5, 5.41) is 2.99. The second-order valence-corrected chi connectivity index (χ2v) is 7.09. The standard InChI is InChI=1S/C23H26N2O4/c1-3-21(26)24-16-9-8-14-25(15-16)22(27)19-12-6-4-10-17(19)18-11-5-7-13-20(18)23(28)29-2/h4-7,10-13,16H,3,8-9,14-15H2,1-2H3,(H,24,26)/t16-/m0/s1. The molecule has 3 rings (SSSR count). The second kappa shape index (κ2) is 9.37. The lowest BCUT2D eigenvalue weighted by Gasteiger charge is -2.33. The zero-order valence-corrected chi connectivity index (χ0v) is 16.8. The molecule has 2 aromatic carbocycles. The van der Waals surface area contributed by atoms with Crippen molar-refractivity contribution in [2.24, 2.45) is 0 Å². The Morgan fingerprint density at radius 2 is 1.66 bits per heavy atom. The highest BCUT2D eigenvalue weighted by Gasteiger charge is 2.27. The van der Waals surface area contributed by atoms with Crippen molar-refractivity contribution < 1.29 is 19.1 Å². The molecule has 1 saturated heterocycles. The average Bonchev–Trinajstić information content (AvgIpc) is 2.78. The van der Waals surface area contributed by atoms with Gasteiger partial charge in [0.25, 0.3) is 5.91 Å². The van der Waals surface area contributed by atoms with Gasteiger partial charge in [0.1, 0.15) is 0 Å². The Kier molecular flexibility index (Phi) is 6.65. The first-order valence-corrected chi connectivity index (χ1v) is 9.90. The number of likely N-dealkylation sites (tertiary alicyclic amines) is 1. The third-order valence-electron chi connectivity index (χ3n) is 5.17. The van der Waals surface area contributed by atoms with Crippen LogP contribution in [0.5, 0.6) is 0 Å². The van der Waals surface area contributed by atoms with Crippen LogP contribution in [0.25, 0.3) is 11.1 Å². The Hall–Kier alpha value is -3.15. The summed E-state index contributed by atoms with van der Waals surface area (Å²) in [7, 11) is 1.34. The van der Waals surface area contributed by atoms with E-state index in [4.69, 9.17) is 4.74 Å². The van der Waals surface area contributed by atoms with Gasteiger partial charge in [0.2, 0.25) is 5.91 Å². The quantitative estimate of drug-likeness (QED) is 0.790. The third kappa shape index (κ3) is 4.65. The highest BCUT2D eigenvalue weighted by Crippen LogP contribution is 2.29. The molecule has 1 aliphatic heterocycles. The molecule has 0 aliphatic carbocycles. The van der Waals surface area contributed by atoms with E-state index in [1.54, 1.807) is 23.1 Å². The molecule has 2 aromatic rings. The zero-order chi connectivity index (χ0) is 20.8. The summed E-state index contributed by atoms with van der Waals surface area (Å²) in [5.74, 6) is -0.546. The Balaban J connectivity index is 1.91. The van der Waals surface area contributed by atoms with E-state index in [1.165, 1.54) is 7.11 Å². The summed E-state index contributed by atoms with van der Waals surface area (Å²) in [5.41, 5.74) is 2.31. The largest absolute Gasteiger partial charge is 0.465 e. The van der Waals surface area contributed by atoms with Crippen LogP contribution in [0.1, 0.15) is 46.9 Å². The molecule has 29 heavy (non-hydrogen) atoms. The van der Waals surface area contributed by atoms with Crippen molar-refractivity contribution >= 4 is 17.8 Å². The maximum absolute atomic E-state index is 13.3. The van der Waals surface area contributed by atoms with Crippen LogP contribution in [-0.4, -0.2) is 48.9 Å². The molecule has 1 atom stereocenters. The van der Waals surface area contributed by atoms with Crippen molar-refractivity contribution in [3.63, 3.8) is 0 Å². The number of hydrogen-bond donors (Lipinski definition) is 1. The number of carbonyl (C=O) groups excluding carboxylic acids is 3. The molecule has 0 saturated carbocycles. The predicted molar refractivity (Wildman–Crippen MR) is 111 cm³/mol. The number of ether oxygens (including phenoxy) is 1. The van der Waals surface area contributed by atoms with E-state index in [9.17, 15) is 14.4 Å². The average molecular weight is 394 g/mol. The molecule has 1 aliphatic rings. The van der Waals surface area contributed by atoms with E-state index in [0.717, 1.165) is 12.8 Å². The molecule has 0 radical (unpaired) electrons. The summed E-state index contributed by atoms with van der Waals surface area (Å²) in [6.07, 6.45) is 2.13. The maximum Gasteiger partial charge on any atom is 0.338 e. The Morgan fingerprint density at radius 3 is 2.31 bits per heavy atom. The van der Waals surface area contributed by atoms with Crippen LogP contribution in [0, 0.1) is 0 Å². The van der Waals surface area contributed by atoms with Crippen LogP contribution in [0.4, 0.5) is 0 Å². The normalized spacial score (nSPS) is 16.2. The number of piperidine rings is 1. The highest BCUT2D eigenvalue weighted by atomic mass is 16.5.